The third-order valence-electron chi connectivity index (χ3n) is 6.27. The number of aromatic nitrogens is 1. The molecule has 4 aromatic rings. The summed E-state index contributed by atoms with van der Waals surface area (Å²) in [5.74, 6) is 1.12. The fraction of sp³-hybridized carbons (Fsp3) is 0.179. The van der Waals surface area contributed by atoms with E-state index in [0.29, 0.717) is 34.4 Å². The summed E-state index contributed by atoms with van der Waals surface area (Å²) in [6, 6.07) is 16.6. The fourth-order valence-corrected chi connectivity index (χ4v) is 4.56. The Balaban J connectivity index is 1.19. The van der Waals surface area contributed by atoms with Gasteiger partial charge in [0.05, 0.1) is 23.0 Å². The van der Waals surface area contributed by atoms with Crippen LogP contribution in [0.2, 0.25) is 0 Å². The average Bonchev–Trinajstić information content (AvgIpc) is 3.66. The molecule has 8 heteroatoms. The second-order valence-corrected chi connectivity index (χ2v) is 8.56. The van der Waals surface area contributed by atoms with Crippen molar-refractivity contribution in [2.75, 3.05) is 13.4 Å². The van der Waals surface area contributed by atoms with Crippen molar-refractivity contribution in [2.24, 2.45) is 0 Å². The van der Waals surface area contributed by atoms with Crippen molar-refractivity contribution in [3.63, 3.8) is 0 Å². The second kappa shape index (κ2) is 9.22. The average molecular weight is 482 g/mol. The minimum Gasteiger partial charge on any atom is -0.465 e. The molecular formula is C28H22N2O6. The third-order valence-corrected chi connectivity index (χ3v) is 6.27. The Morgan fingerprint density at radius 3 is 2.81 bits per heavy atom. The summed E-state index contributed by atoms with van der Waals surface area (Å²) in [5, 5.41) is 3.48. The molecule has 1 aliphatic heterocycles. The molecule has 0 fully saturated rings. The summed E-state index contributed by atoms with van der Waals surface area (Å²) in [7, 11) is 0. The second-order valence-electron chi connectivity index (χ2n) is 8.56. The molecule has 0 bridgehead atoms. The highest BCUT2D eigenvalue weighted by Gasteiger charge is 2.28. The zero-order valence-corrected chi connectivity index (χ0v) is 19.3. The number of hydrogen-bond acceptors (Lipinski definition) is 7. The first-order chi connectivity index (χ1) is 17.7. The number of rotatable bonds is 6. The van der Waals surface area contributed by atoms with E-state index in [9.17, 15) is 9.59 Å². The van der Waals surface area contributed by atoms with E-state index in [1.54, 1.807) is 12.3 Å². The largest absolute Gasteiger partial charge is 0.465 e. The molecule has 0 spiro atoms. The van der Waals surface area contributed by atoms with Crippen molar-refractivity contribution >= 4 is 34.4 Å². The molecule has 2 aromatic carbocycles. The Bertz CT molecular complexity index is 1510. The lowest BCUT2D eigenvalue weighted by molar-refractivity contribution is -0.124. The summed E-state index contributed by atoms with van der Waals surface area (Å²) in [6.07, 6.45) is 4.96. The van der Waals surface area contributed by atoms with Gasteiger partial charge in [0.2, 0.25) is 6.79 Å². The topological polar surface area (TPSA) is 99.9 Å². The van der Waals surface area contributed by atoms with Crippen LogP contribution in [-0.4, -0.2) is 30.3 Å². The van der Waals surface area contributed by atoms with Gasteiger partial charge in [-0.2, -0.15) is 0 Å². The maximum absolute atomic E-state index is 13.3. The highest BCUT2D eigenvalue weighted by molar-refractivity contribution is 6.07. The maximum atomic E-state index is 13.3. The molecule has 2 aliphatic rings. The van der Waals surface area contributed by atoms with Crippen LogP contribution in [0.5, 0.6) is 11.5 Å². The lowest BCUT2D eigenvalue weighted by Crippen LogP contribution is -2.28. The van der Waals surface area contributed by atoms with Gasteiger partial charge in [-0.15, -0.1) is 0 Å². The molecule has 1 aliphatic carbocycles. The van der Waals surface area contributed by atoms with E-state index in [1.165, 1.54) is 0 Å². The van der Waals surface area contributed by atoms with E-state index in [0.717, 1.165) is 34.6 Å². The van der Waals surface area contributed by atoms with Crippen molar-refractivity contribution in [3.8, 4) is 11.5 Å². The number of esters is 1. The first-order valence-electron chi connectivity index (χ1n) is 11.6. The normalized spacial score (nSPS) is 14.7. The quantitative estimate of drug-likeness (QED) is 0.404. The summed E-state index contributed by atoms with van der Waals surface area (Å²) in [4.78, 5) is 30.5. The number of carbonyl (C=O) groups excluding carboxylic acids is 2. The van der Waals surface area contributed by atoms with E-state index < -0.39 is 11.9 Å². The summed E-state index contributed by atoms with van der Waals surface area (Å²) in [6.45, 7) is 0.0834. The standard InChI is InChI=1S/C28H22N2O6/c31-25(29-14-17-7-10-23-24(12-17)36-16-35-23)15-34-28(32)26-20-5-1-2-6-22(20)30-27-18(8-9-21(26)27)13-19-4-3-11-33-19/h1-7,10-13H,8-9,14-16H2,(H,29,31)/b18-13+. The van der Waals surface area contributed by atoms with Crippen molar-refractivity contribution in [2.45, 2.75) is 19.4 Å². The first-order valence-corrected chi connectivity index (χ1v) is 11.6. The van der Waals surface area contributed by atoms with Crippen LogP contribution in [-0.2, 0) is 22.5 Å². The number of allylic oxidation sites excluding steroid dienone is 1. The van der Waals surface area contributed by atoms with Crippen LogP contribution < -0.4 is 14.8 Å². The molecule has 1 N–H and O–H groups in total. The molecule has 0 saturated carbocycles. The SMILES string of the molecule is O=C(COC(=O)c1c2c(nc3ccccc13)/C(=C/c1ccco1)CC2)NCc1ccc2c(c1)OCO2. The number of carbonyl (C=O) groups is 2. The minimum atomic E-state index is -0.540. The van der Waals surface area contributed by atoms with E-state index in [2.05, 4.69) is 5.32 Å². The first kappa shape index (κ1) is 21.9. The van der Waals surface area contributed by atoms with Crippen LogP contribution in [0.15, 0.2) is 65.3 Å². The van der Waals surface area contributed by atoms with Gasteiger partial charge in [0.1, 0.15) is 5.76 Å². The van der Waals surface area contributed by atoms with Crippen LogP contribution in [0.3, 0.4) is 0 Å². The number of furan rings is 1. The number of pyridine rings is 1. The van der Waals surface area contributed by atoms with Crippen LogP contribution in [0, 0.1) is 0 Å². The molecule has 36 heavy (non-hydrogen) atoms. The Labute approximate surface area is 206 Å². The Morgan fingerprint density at radius 2 is 1.92 bits per heavy atom. The van der Waals surface area contributed by atoms with Gasteiger partial charge in [0.15, 0.2) is 18.1 Å². The number of fused-ring (bicyclic) bond motifs is 3. The molecule has 3 heterocycles. The molecule has 2 aromatic heterocycles. The van der Waals surface area contributed by atoms with Crippen LogP contribution in [0.4, 0.5) is 0 Å². The molecule has 6 rings (SSSR count). The number of amides is 1. The van der Waals surface area contributed by atoms with Gasteiger partial charge in [-0.1, -0.05) is 24.3 Å². The lowest BCUT2D eigenvalue weighted by Gasteiger charge is -2.12. The highest BCUT2D eigenvalue weighted by atomic mass is 16.7. The van der Waals surface area contributed by atoms with E-state index in [-0.39, 0.29) is 19.9 Å². The Hall–Kier alpha value is -4.59. The minimum absolute atomic E-state index is 0.189. The van der Waals surface area contributed by atoms with Crippen molar-refractivity contribution in [1.29, 1.82) is 0 Å². The van der Waals surface area contributed by atoms with Gasteiger partial charge in [-0.25, -0.2) is 9.78 Å². The van der Waals surface area contributed by atoms with E-state index in [1.807, 2.05) is 54.6 Å². The molecule has 0 atom stereocenters. The molecule has 8 nitrogen and oxygen atoms in total. The monoisotopic (exact) mass is 482 g/mol. The number of hydrogen-bond donors (Lipinski definition) is 1. The van der Waals surface area contributed by atoms with E-state index >= 15 is 0 Å². The summed E-state index contributed by atoms with van der Waals surface area (Å²) >= 11 is 0. The number of benzene rings is 2. The number of ether oxygens (including phenoxy) is 3. The smallest absolute Gasteiger partial charge is 0.339 e. The number of nitrogens with zero attached hydrogens (tertiary/aromatic N) is 1. The zero-order chi connectivity index (χ0) is 24.5. The predicted molar refractivity (Wildman–Crippen MR) is 131 cm³/mol. The molecular weight excluding hydrogens is 460 g/mol. The molecule has 1 amide bonds. The Kier molecular flexibility index (Phi) is 5.61. The molecule has 0 unspecified atom stereocenters. The van der Waals surface area contributed by atoms with Crippen LogP contribution in [0.25, 0.3) is 22.6 Å². The van der Waals surface area contributed by atoms with Gasteiger partial charge in [-0.3, -0.25) is 4.79 Å². The zero-order valence-electron chi connectivity index (χ0n) is 19.3. The maximum Gasteiger partial charge on any atom is 0.339 e. The van der Waals surface area contributed by atoms with Gasteiger partial charge < -0.3 is 23.9 Å². The number of para-hydroxylation sites is 1. The number of nitrogens with one attached hydrogen (secondary N) is 1. The van der Waals surface area contributed by atoms with E-state index in [4.69, 9.17) is 23.6 Å². The lowest BCUT2D eigenvalue weighted by atomic mass is 10.0. The molecule has 0 radical (unpaired) electrons. The van der Waals surface area contributed by atoms with Crippen molar-refractivity contribution in [1.82, 2.24) is 10.3 Å². The molecule has 180 valence electrons. The van der Waals surface area contributed by atoms with Gasteiger partial charge in [-0.05, 0) is 65.9 Å². The summed E-state index contributed by atoms with van der Waals surface area (Å²) in [5.41, 5.74) is 4.61. The third kappa shape index (κ3) is 4.17. The van der Waals surface area contributed by atoms with Gasteiger partial charge in [0.25, 0.3) is 5.91 Å². The van der Waals surface area contributed by atoms with Crippen LogP contribution in [0.1, 0.15) is 39.4 Å². The fourth-order valence-electron chi connectivity index (χ4n) is 4.56. The highest BCUT2D eigenvalue weighted by Crippen LogP contribution is 2.38. The van der Waals surface area contributed by atoms with Gasteiger partial charge in [0, 0.05) is 11.9 Å². The van der Waals surface area contributed by atoms with Crippen molar-refractivity contribution < 1.29 is 28.2 Å². The summed E-state index contributed by atoms with van der Waals surface area (Å²) < 4.78 is 21.6. The van der Waals surface area contributed by atoms with Crippen LogP contribution >= 0.6 is 0 Å². The van der Waals surface area contributed by atoms with Gasteiger partial charge >= 0.3 is 5.97 Å². The predicted octanol–water partition coefficient (Wildman–Crippen LogP) is 4.52. The van der Waals surface area contributed by atoms with Crippen molar-refractivity contribution in [3.05, 3.63) is 89.0 Å². The Morgan fingerprint density at radius 1 is 1.03 bits per heavy atom. The molecule has 0 saturated heterocycles.